The van der Waals surface area contributed by atoms with Gasteiger partial charge in [-0.05, 0) is 29.8 Å². The highest BCUT2D eigenvalue weighted by Crippen LogP contribution is 2.32. The number of nitrogens with zero attached hydrogens (tertiary/aromatic N) is 1. The highest BCUT2D eigenvalue weighted by molar-refractivity contribution is 7.90. The molecule has 0 fully saturated rings. The Kier molecular flexibility index (Phi) is 4.00. The van der Waals surface area contributed by atoms with Gasteiger partial charge in [0.15, 0.2) is 9.84 Å². The Labute approximate surface area is 156 Å². The van der Waals surface area contributed by atoms with Crippen molar-refractivity contribution in [2.45, 2.75) is 11.4 Å². The van der Waals surface area contributed by atoms with Crippen LogP contribution in [0.5, 0.6) is 0 Å². The van der Waals surface area contributed by atoms with Crippen molar-refractivity contribution in [3.05, 3.63) is 77.9 Å². The van der Waals surface area contributed by atoms with Crippen molar-refractivity contribution in [3.8, 4) is 0 Å². The van der Waals surface area contributed by atoms with Crippen molar-refractivity contribution in [1.29, 1.82) is 0 Å². The number of rotatable bonds is 4. The average molecular weight is 378 g/mol. The molecule has 0 bridgehead atoms. The number of hydrogen-bond acceptors (Lipinski definition) is 3. The van der Waals surface area contributed by atoms with E-state index in [1.165, 1.54) is 6.26 Å². The number of sulfone groups is 1. The summed E-state index contributed by atoms with van der Waals surface area (Å²) in [5.41, 5.74) is 8.51. The van der Waals surface area contributed by atoms with E-state index in [1.807, 2.05) is 47.0 Å². The number of aromatic nitrogens is 1. The van der Waals surface area contributed by atoms with E-state index < -0.39 is 15.7 Å². The summed E-state index contributed by atoms with van der Waals surface area (Å²) in [6.07, 6.45) is 1.21. The van der Waals surface area contributed by atoms with Crippen molar-refractivity contribution in [3.63, 3.8) is 0 Å². The molecule has 136 valence electrons. The normalized spacial score (nSPS) is 11.9. The predicted molar refractivity (Wildman–Crippen MR) is 107 cm³/mol. The number of carbonyl (C=O) groups is 1. The van der Waals surface area contributed by atoms with Gasteiger partial charge in [-0.3, -0.25) is 4.79 Å². The molecule has 0 aliphatic carbocycles. The number of para-hydroxylation sites is 1. The van der Waals surface area contributed by atoms with Crippen LogP contribution in [-0.4, -0.2) is 25.1 Å². The molecule has 0 spiro atoms. The van der Waals surface area contributed by atoms with Crippen LogP contribution < -0.4 is 5.73 Å². The van der Waals surface area contributed by atoms with Crippen LogP contribution in [0.1, 0.15) is 15.9 Å². The van der Waals surface area contributed by atoms with E-state index in [4.69, 9.17) is 5.73 Å². The average Bonchev–Trinajstić information content (AvgIpc) is 2.95. The highest BCUT2D eigenvalue weighted by Gasteiger charge is 2.18. The Balaban J connectivity index is 2.04. The number of carbonyl (C=O) groups excluding carboxylic acids is 1. The molecule has 0 radical (unpaired) electrons. The topological polar surface area (TPSA) is 82.2 Å². The molecule has 0 unspecified atom stereocenters. The van der Waals surface area contributed by atoms with E-state index in [-0.39, 0.29) is 0 Å². The van der Waals surface area contributed by atoms with Crippen LogP contribution in [0.3, 0.4) is 0 Å². The molecular formula is C21H18N2O3S. The molecule has 6 heteroatoms. The van der Waals surface area contributed by atoms with E-state index in [0.717, 1.165) is 21.8 Å². The number of benzene rings is 3. The molecular weight excluding hydrogens is 360 g/mol. The third-order valence-electron chi connectivity index (χ3n) is 4.76. The molecule has 4 rings (SSSR count). The van der Waals surface area contributed by atoms with Gasteiger partial charge in [-0.15, -0.1) is 0 Å². The fourth-order valence-corrected chi connectivity index (χ4v) is 4.58. The summed E-state index contributed by atoms with van der Waals surface area (Å²) in [5, 5.41) is 1.70. The maximum atomic E-state index is 12.2. The molecule has 4 aromatic rings. The third kappa shape index (κ3) is 2.88. The SMILES string of the molecule is CS(=O)(=O)c1ccccc1Cn1c2ccccc2c2c(C(N)=O)cccc21. The van der Waals surface area contributed by atoms with Gasteiger partial charge in [0, 0.05) is 34.7 Å². The minimum Gasteiger partial charge on any atom is -0.366 e. The van der Waals surface area contributed by atoms with Crippen LogP contribution in [0.15, 0.2) is 71.6 Å². The van der Waals surface area contributed by atoms with Crippen molar-refractivity contribution in [1.82, 2.24) is 4.57 Å². The standard InChI is InChI=1S/C21H18N2O3S/c1-27(25,26)19-12-5-2-7-14(19)13-23-17-10-4-3-8-15(17)20-16(21(22)24)9-6-11-18(20)23/h2-12H,13H2,1H3,(H2,22,24). The summed E-state index contributed by atoms with van der Waals surface area (Å²) in [4.78, 5) is 12.3. The van der Waals surface area contributed by atoms with Gasteiger partial charge in [0.25, 0.3) is 0 Å². The molecule has 3 aromatic carbocycles. The van der Waals surface area contributed by atoms with Crippen molar-refractivity contribution in [2.75, 3.05) is 6.26 Å². The Bertz CT molecular complexity index is 1300. The van der Waals surface area contributed by atoms with E-state index in [1.54, 1.807) is 24.3 Å². The first-order valence-corrected chi connectivity index (χ1v) is 10.3. The minimum absolute atomic E-state index is 0.307. The van der Waals surface area contributed by atoms with Gasteiger partial charge < -0.3 is 10.3 Å². The molecule has 1 heterocycles. The monoisotopic (exact) mass is 378 g/mol. The second-order valence-corrected chi connectivity index (χ2v) is 8.53. The third-order valence-corrected chi connectivity index (χ3v) is 5.96. The van der Waals surface area contributed by atoms with Crippen LogP contribution in [0, 0.1) is 0 Å². The minimum atomic E-state index is -3.35. The lowest BCUT2D eigenvalue weighted by atomic mass is 10.1. The maximum Gasteiger partial charge on any atom is 0.249 e. The number of fused-ring (bicyclic) bond motifs is 3. The molecule has 0 aliphatic heterocycles. The highest BCUT2D eigenvalue weighted by atomic mass is 32.2. The summed E-state index contributed by atoms with van der Waals surface area (Å²) < 4.78 is 26.4. The Morgan fingerprint density at radius 2 is 1.59 bits per heavy atom. The lowest BCUT2D eigenvalue weighted by molar-refractivity contribution is 0.100. The number of primary amides is 1. The smallest absolute Gasteiger partial charge is 0.249 e. The first kappa shape index (κ1) is 17.3. The predicted octanol–water partition coefficient (Wildman–Crippen LogP) is 3.35. The second-order valence-electron chi connectivity index (χ2n) is 6.55. The lowest BCUT2D eigenvalue weighted by Gasteiger charge is -2.11. The van der Waals surface area contributed by atoms with Gasteiger partial charge in [0.05, 0.1) is 10.4 Å². The van der Waals surface area contributed by atoms with E-state index in [9.17, 15) is 13.2 Å². The molecule has 0 atom stereocenters. The first-order chi connectivity index (χ1) is 12.9. The van der Waals surface area contributed by atoms with Crippen molar-refractivity contribution in [2.24, 2.45) is 5.73 Å². The summed E-state index contributed by atoms with van der Waals surface area (Å²) in [6, 6.07) is 20.1. The van der Waals surface area contributed by atoms with Crippen LogP contribution in [-0.2, 0) is 16.4 Å². The van der Waals surface area contributed by atoms with Gasteiger partial charge in [0.1, 0.15) is 0 Å². The molecule has 0 aliphatic rings. The molecule has 27 heavy (non-hydrogen) atoms. The Hall–Kier alpha value is -3.12. The summed E-state index contributed by atoms with van der Waals surface area (Å²) >= 11 is 0. The fraction of sp³-hybridized carbons (Fsp3) is 0.0952. The Morgan fingerprint density at radius 3 is 2.33 bits per heavy atom. The lowest BCUT2D eigenvalue weighted by Crippen LogP contribution is -2.11. The molecule has 1 aromatic heterocycles. The summed E-state index contributed by atoms with van der Waals surface area (Å²) in [5.74, 6) is -0.486. The van der Waals surface area contributed by atoms with Crippen LogP contribution >= 0.6 is 0 Å². The van der Waals surface area contributed by atoms with Gasteiger partial charge in [0.2, 0.25) is 5.91 Å². The first-order valence-electron chi connectivity index (χ1n) is 8.45. The quantitative estimate of drug-likeness (QED) is 0.591. The van der Waals surface area contributed by atoms with E-state index >= 15 is 0 Å². The second kappa shape index (κ2) is 6.25. The van der Waals surface area contributed by atoms with Crippen LogP contribution in [0.25, 0.3) is 21.8 Å². The van der Waals surface area contributed by atoms with Crippen LogP contribution in [0.4, 0.5) is 0 Å². The number of nitrogens with two attached hydrogens (primary N) is 1. The summed E-state index contributed by atoms with van der Waals surface area (Å²) in [7, 11) is -3.35. The zero-order valence-corrected chi connectivity index (χ0v) is 15.5. The fourth-order valence-electron chi connectivity index (χ4n) is 3.64. The number of amides is 1. The van der Waals surface area contributed by atoms with Gasteiger partial charge >= 0.3 is 0 Å². The Morgan fingerprint density at radius 1 is 0.926 bits per heavy atom. The largest absolute Gasteiger partial charge is 0.366 e. The molecule has 0 saturated carbocycles. The molecule has 5 nitrogen and oxygen atoms in total. The van der Waals surface area contributed by atoms with Crippen molar-refractivity contribution >= 4 is 37.6 Å². The molecule has 0 saturated heterocycles. The van der Waals surface area contributed by atoms with Gasteiger partial charge in [-0.1, -0.05) is 42.5 Å². The zero-order chi connectivity index (χ0) is 19.2. The van der Waals surface area contributed by atoms with E-state index in [2.05, 4.69) is 0 Å². The zero-order valence-electron chi connectivity index (χ0n) is 14.7. The maximum absolute atomic E-state index is 12.2. The van der Waals surface area contributed by atoms with Gasteiger partial charge in [-0.2, -0.15) is 0 Å². The number of hydrogen-bond donors (Lipinski definition) is 1. The van der Waals surface area contributed by atoms with Gasteiger partial charge in [-0.25, -0.2) is 8.42 Å². The van der Waals surface area contributed by atoms with E-state index in [0.29, 0.717) is 22.6 Å². The van der Waals surface area contributed by atoms with Crippen LogP contribution in [0.2, 0.25) is 0 Å². The molecule has 2 N–H and O–H groups in total. The van der Waals surface area contributed by atoms with Crippen molar-refractivity contribution < 1.29 is 13.2 Å². The molecule has 1 amide bonds. The summed E-state index contributed by atoms with van der Waals surface area (Å²) in [6.45, 7) is 0.371.